The van der Waals surface area contributed by atoms with Crippen molar-refractivity contribution in [3.63, 3.8) is 0 Å². The summed E-state index contributed by atoms with van der Waals surface area (Å²) >= 11 is 1.78. The van der Waals surface area contributed by atoms with Gasteiger partial charge in [0.05, 0.1) is 6.10 Å². The Balaban J connectivity index is 1.99. The van der Waals surface area contributed by atoms with Crippen LogP contribution >= 0.6 is 11.8 Å². The van der Waals surface area contributed by atoms with Crippen LogP contribution in [0.1, 0.15) is 33.6 Å². The van der Waals surface area contributed by atoms with Gasteiger partial charge in [0.2, 0.25) is 0 Å². The van der Waals surface area contributed by atoms with Gasteiger partial charge in [0, 0.05) is 28.6 Å². The summed E-state index contributed by atoms with van der Waals surface area (Å²) in [6, 6.07) is 9.23. The van der Waals surface area contributed by atoms with Crippen molar-refractivity contribution < 1.29 is 4.74 Å². The van der Waals surface area contributed by atoms with Crippen molar-refractivity contribution >= 4 is 17.4 Å². The van der Waals surface area contributed by atoms with Crippen molar-refractivity contribution in [3.05, 3.63) is 24.3 Å². The van der Waals surface area contributed by atoms with Crippen LogP contribution in [-0.2, 0) is 4.74 Å². The maximum absolute atomic E-state index is 5.85. The molecular weight excluding hydrogens is 254 g/mol. The Morgan fingerprint density at radius 3 is 2.53 bits per heavy atom. The van der Waals surface area contributed by atoms with Crippen LogP contribution in [0.25, 0.3) is 0 Å². The van der Waals surface area contributed by atoms with Crippen LogP contribution < -0.4 is 5.32 Å². The fourth-order valence-corrected chi connectivity index (χ4v) is 3.27. The highest BCUT2D eigenvalue weighted by atomic mass is 32.2. The second kappa shape index (κ2) is 6.19. The van der Waals surface area contributed by atoms with E-state index >= 15 is 0 Å². The lowest BCUT2D eigenvalue weighted by atomic mass is 9.61. The topological polar surface area (TPSA) is 21.3 Å². The summed E-state index contributed by atoms with van der Waals surface area (Å²) in [7, 11) is 0. The van der Waals surface area contributed by atoms with E-state index < -0.39 is 0 Å². The van der Waals surface area contributed by atoms with Gasteiger partial charge in [-0.2, -0.15) is 0 Å². The molecule has 3 unspecified atom stereocenters. The van der Waals surface area contributed by atoms with Crippen LogP contribution in [0.3, 0.4) is 0 Å². The molecule has 2 rings (SSSR count). The molecule has 106 valence electrons. The van der Waals surface area contributed by atoms with E-state index in [9.17, 15) is 0 Å². The average molecular weight is 279 g/mol. The Hall–Kier alpha value is -0.670. The molecular formula is C16H25NOS. The smallest absolute Gasteiger partial charge is 0.0667 e. The Labute approximate surface area is 121 Å². The molecule has 0 aromatic heterocycles. The zero-order valence-electron chi connectivity index (χ0n) is 12.4. The lowest BCUT2D eigenvalue weighted by molar-refractivity contribution is -0.109. The molecule has 0 spiro atoms. The van der Waals surface area contributed by atoms with Gasteiger partial charge < -0.3 is 10.1 Å². The first-order valence-corrected chi connectivity index (χ1v) is 8.38. The first-order valence-electron chi connectivity index (χ1n) is 7.16. The predicted octanol–water partition coefficient (Wildman–Crippen LogP) is 4.41. The Bertz CT molecular complexity index is 406. The molecule has 2 nitrogen and oxygen atoms in total. The van der Waals surface area contributed by atoms with Crippen molar-refractivity contribution in [2.45, 2.75) is 50.7 Å². The highest BCUT2D eigenvalue weighted by molar-refractivity contribution is 7.98. The third-order valence-electron chi connectivity index (χ3n) is 4.54. The van der Waals surface area contributed by atoms with E-state index in [0.717, 1.165) is 19.4 Å². The molecule has 1 N–H and O–H groups in total. The summed E-state index contributed by atoms with van der Waals surface area (Å²) in [5.74, 6) is 0. The van der Waals surface area contributed by atoms with E-state index in [-0.39, 0.29) is 5.41 Å². The molecule has 1 aromatic carbocycles. The highest BCUT2D eigenvalue weighted by Crippen LogP contribution is 2.47. The second-order valence-corrected chi connectivity index (χ2v) is 6.34. The van der Waals surface area contributed by atoms with Gasteiger partial charge in [-0.3, -0.25) is 0 Å². The Morgan fingerprint density at radius 2 is 2.00 bits per heavy atom. The van der Waals surface area contributed by atoms with E-state index in [4.69, 9.17) is 4.74 Å². The van der Waals surface area contributed by atoms with Crippen molar-refractivity contribution in [1.82, 2.24) is 0 Å². The number of hydrogen-bond acceptors (Lipinski definition) is 3. The van der Waals surface area contributed by atoms with Crippen LogP contribution in [0, 0.1) is 5.41 Å². The minimum atomic E-state index is 0.258. The standard InChI is InChI=1S/C16H25NOS/c1-5-16(3)14(11-15(16)18-6-2)17-12-7-9-13(19-4)10-8-12/h7-10,14-15,17H,5-6,11H2,1-4H3. The van der Waals surface area contributed by atoms with Crippen molar-refractivity contribution in [2.75, 3.05) is 18.2 Å². The fraction of sp³-hybridized carbons (Fsp3) is 0.625. The molecule has 0 heterocycles. The van der Waals surface area contributed by atoms with E-state index in [2.05, 4.69) is 56.6 Å². The third-order valence-corrected chi connectivity index (χ3v) is 5.29. The largest absolute Gasteiger partial charge is 0.382 e. The fourth-order valence-electron chi connectivity index (χ4n) is 2.86. The maximum Gasteiger partial charge on any atom is 0.0667 e. The number of benzene rings is 1. The van der Waals surface area contributed by atoms with Gasteiger partial charge in [0.15, 0.2) is 0 Å². The number of ether oxygens (including phenoxy) is 1. The van der Waals surface area contributed by atoms with Gasteiger partial charge in [0.25, 0.3) is 0 Å². The first-order chi connectivity index (χ1) is 9.13. The number of anilines is 1. The first kappa shape index (κ1) is 14.7. The molecule has 1 fully saturated rings. The lowest BCUT2D eigenvalue weighted by Crippen LogP contribution is -2.59. The zero-order valence-corrected chi connectivity index (χ0v) is 13.2. The molecule has 1 aliphatic rings. The van der Waals surface area contributed by atoms with E-state index in [0.29, 0.717) is 12.1 Å². The molecule has 0 radical (unpaired) electrons. The van der Waals surface area contributed by atoms with Crippen molar-refractivity contribution in [1.29, 1.82) is 0 Å². The Kier molecular flexibility index (Phi) is 4.80. The third kappa shape index (κ3) is 2.92. The number of hydrogen-bond donors (Lipinski definition) is 1. The molecule has 0 aliphatic heterocycles. The minimum Gasteiger partial charge on any atom is -0.382 e. The summed E-state index contributed by atoms with van der Waals surface area (Å²) in [6.07, 6.45) is 4.78. The molecule has 0 bridgehead atoms. The Morgan fingerprint density at radius 1 is 1.32 bits per heavy atom. The normalized spacial score (nSPS) is 29.9. The molecule has 1 aromatic rings. The van der Waals surface area contributed by atoms with Crippen LogP contribution in [-0.4, -0.2) is 25.0 Å². The highest BCUT2D eigenvalue weighted by Gasteiger charge is 2.51. The molecule has 0 saturated heterocycles. The number of rotatable bonds is 6. The summed E-state index contributed by atoms with van der Waals surface area (Å²) in [4.78, 5) is 1.31. The molecule has 19 heavy (non-hydrogen) atoms. The zero-order chi connectivity index (χ0) is 13.9. The van der Waals surface area contributed by atoms with Gasteiger partial charge >= 0.3 is 0 Å². The minimum absolute atomic E-state index is 0.258. The van der Waals surface area contributed by atoms with Gasteiger partial charge in [-0.1, -0.05) is 13.8 Å². The quantitative estimate of drug-likeness (QED) is 0.779. The van der Waals surface area contributed by atoms with Crippen LogP contribution in [0.4, 0.5) is 5.69 Å². The van der Waals surface area contributed by atoms with Crippen LogP contribution in [0.2, 0.25) is 0 Å². The van der Waals surface area contributed by atoms with Crippen molar-refractivity contribution in [2.24, 2.45) is 5.41 Å². The summed E-state index contributed by atoms with van der Waals surface area (Å²) in [5, 5.41) is 3.67. The number of thioether (sulfide) groups is 1. The van der Waals surface area contributed by atoms with Gasteiger partial charge in [-0.05, 0) is 50.3 Å². The summed E-state index contributed by atoms with van der Waals surface area (Å²) < 4.78 is 5.85. The van der Waals surface area contributed by atoms with E-state index in [1.165, 1.54) is 10.6 Å². The van der Waals surface area contributed by atoms with Crippen molar-refractivity contribution in [3.8, 4) is 0 Å². The summed E-state index contributed by atoms with van der Waals surface area (Å²) in [5.41, 5.74) is 1.48. The van der Waals surface area contributed by atoms with Gasteiger partial charge in [-0.25, -0.2) is 0 Å². The van der Waals surface area contributed by atoms with Crippen LogP contribution in [0.5, 0.6) is 0 Å². The molecule has 3 heteroatoms. The average Bonchev–Trinajstić information content (AvgIpc) is 2.46. The molecule has 0 amide bonds. The van der Waals surface area contributed by atoms with Gasteiger partial charge in [0.1, 0.15) is 0 Å². The van der Waals surface area contributed by atoms with Crippen LogP contribution in [0.15, 0.2) is 29.2 Å². The SMILES string of the molecule is CCOC1CC(Nc2ccc(SC)cc2)C1(C)CC. The lowest BCUT2D eigenvalue weighted by Gasteiger charge is -2.54. The molecule has 1 saturated carbocycles. The predicted molar refractivity (Wildman–Crippen MR) is 84.1 cm³/mol. The van der Waals surface area contributed by atoms with Gasteiger partial charge in [-0.15, -0.1) is 11.8 Å². The monoisotopic (exact) mass is 279 g/mol. The van der Waals surface area contributed by atoms with E-state index in [1.54, 1.807) is 11.8 Å². The number of nitrogens with one attached hydrogen (secondary N) is 1. The maximum atomic E-state index is 5.85. The molecule has 3 atom stereocenters. The summed E-state index contributed by atoms with van der Waals surface area (Å²) in [6.45, 7) is 7.49. The second-order valence-electron chi connectivity index (χ2n) is 5.46. The molecule has 1 aliphatic carbocycles. The van der Waals surface area contributed by atoms with E-state index in [1.807, 2.05) is 0 Å².